The number of imidazole rings is 2. The van der Waals surface area contributed by atoms with E-state index in [0.717, 1.165) is 64.7 Å². The summed E-state index contributed by atoms with van der Waals surface area (Å²) >= 11 is 11.3. The Labute approximate surface area is 444 Å². The third-order valence-corrected chi connectivity index (χ3v) is 17.6. The number of rotatable bonds is 12. The predicted octanol–water partition coefficient (Wildman–Crippen LogP) is 8.28. The van der Waals surface area contributed by atoms with Crippen LogP contribution >= 0.6 is 23.2 Å². The molecule has 6 aromatic rings. The smallest absolute Gasteiger partial charge is 0.332 e. The molecule has 0 bridgehead atoms. The molecule has 0 radical (unpaired) electrons. The van der Waals surface area contributed by atoms with Gasteiger partial charge in [-0.15, -0.1) is 0 Å². The Balaban J connectivity index is 0.000000148. The van der Waals surface area contributed by atoms with Gasteiger partial charge in [0.15, 0.2) is 11.3 Å². The first kappa shape index (κ1) is 56.5. The summed E-state index contributed by atoms with van der Waals surface area (Å²) in [6.07, 6.45) is 20.0. The number of amides is 2. The van der Waals surface area contributed by atoms with Crippen molar-refractivity contribution in [1.82, 2.24) is 58.1 Å². The van der Waals surface area contributed by atoms with Gasteiger partial charge in [0.2, 0.25) is 22.4 Å². The van der Waals surface area contributed by atoms with Gasteiger partial charge in [0, 0.05) is 92.9 Å². The fourth-order valence-corrected chi connectivity index (χ4v) is 11.0. The van der Waals surface area contributed by atoms with E-state index in [9.17, 15) is 19.2 Å². The average Bonchev–Trinajstić information content (AvgIpc) is 4.00. The van der Waals surface area contributed by atoms with Crippen LogP contribution in [0.1, 0.15) is 98.8 Å². The van der Waals surface area contributed by atoms with Crippen LogP contribution in [0.15, 0.2) is 34.4 Å². The molecule has 2 amide bonds. The summed E-state index contributed by atoms with van der Waals surface area (Å²) in [5, 5.41) is 0.306. The minimum Gasteiger partial charge on any atom is -0.361 e. The first-order valence-corrected chi connectivity index (χ1v) is 33.8. The molecule has 0 atom stereocenters. The Morgan fingerprint density at radius 3 is 1.41 bits per heavy atom. The van der Waals surface area contributed by atoms with Gasteiger partial charge in [0.1, 0.15) is 47.8 Å². The van der Waals surface area contributed by atoms with Crippen LogP contribution in [0.4, 0.5) is 11.6 Å². The lowest BCUT2D eigenvalue weighted by Crippen LogP contribution is -2.25. The summed E-state index contributed by atoms with van der Waals surface area (Å²) in [4.78, 5) is 84.7. The number of ether oxygens (including phenoxy) is 2. The molecule has 400 valence electrons. The normalized spacial score (nSPS) is 16.2. The molecule has 0 spiro atoms. The maximum absolute atomic E-state index is 12.6. The molecule has 0 N–H and O–H groups in total. The number of hydrogen-bond acceptors (Lipinski definition) is 14. The highest BCUT2D eigenvalue weighted by atomic mass is 35.5. The second-order valence-electron chi connectivity index (χ2n) is 22.0. The van der Waals surface area contributed by atoms with Gasteiger partial charge in [-0.3, -0.25) is 37.7 Å². The van der Waals surface area contributed by atoms with Gasteiger partial charge >= 0.3 is 11.4 Å². The number of aromatic nitrogens is 12. The monoisotopic (exact) mass is 1090 g/mol. The van der Waals surface area contributed by atoms with E-state index in [2.05, 4.69) is 74.2 Å². The van der Waals surface area contributed by atoms with E-state index >= 15 is 0 Å². The second-order valence-corrected chi connectivity index (χ2v) is 33.9. The fourth-order valence-electron chi connectivity index (χ4n) is 9.20. The van der Waals surface area contributed by atoms with Crippen LogP contribution < -0.4 is 21.2 Å². The van der Waals surface area contributed by atoms with Gasteiger partial charge in [0.25, 0.3) is 0 Å². The van der Waals surface area contributed by atoms with Crippen molar-refractivity contribution >= 4 is 85.1 Å². The van der Waals surface area contributed by atoms with E-state index in [4.69, 9.17) is 37.7 Å². The highest BCUT2D eigenvalue weighted by Gasteiger charge is 2.29. The Morgan fingerprint density at radius 2 is 0.919 bits per heavy atom. The van der Waals surface area contributed by atoms with Crippen LogP contribution in [0.5, 0.6) is 0 Å². The number of carbonyl (C=O) groups is 2. The summed E-state index contributed by atoms with van der Waals surface area (Å²) in [5.74, 6) is 4.36. The molecule has 2 saturated carbocycles. The van der Waals surface area contributed by atoms with E-state index in [-0.39, 0.29) is 47.2 Å². The topological polar surface area (TPSA) is 216 Å². The summed E-state index contributed by atoms with van der Waals surface area (Å²) in [6.45, 7) is 15.7. The van der Waals surface area contributed by atoms with Crippen LogP contribution in [-0.2, 0) is 59.5 Å². The minimum atomic E-state index is -1.13. The van der Waals surface area contributed by atoms with Gasteiger partial charge in [-0.05, 0) is 61.0 Å². The van der Waals surface area contributed by atoms with E-state index in [1.165, 1.54) is 65.4 Å². The van der Waals surface area contributed by atoms with Crippen LogP contribution in [0.3, 0.4) is 0 Å². The SMILES string of the molecule is CN1C(=O)Cc2cnc(C3CCCCC3)nc21.CN1C(=O)Cc2cnc(Cl)nc21.Cn1c(=O)n(COCC[Si](C)(C)C)c2cnc(C3CCCCC3)nc21.Cn1c(=O)n(COCC[Si](C)(C)C)c2cnc(Cl)nc21. The van der Waals surface area contributed by atoms with Gasteiger partial charge in [-0.1, -0.05) is 77.8 Å². The Morgan fingerprint density at radius 1 is 0.527 bits per heavy atom. The summed E-state index contributed by atoms with van der Waals surface area (Å²) in [5.41, 5.74) is 4.18. The minimum absolute atomic E-state index is 0.0292. The molecule has 10 rings (SSSR count). The number of aryl methyl sites for hydroxylation is 2. The number of anilines is 2. The quantitative estimate of drug-likeness (QED) is 0.0641. The van der Waals surface area contributed by atoms with Crippen molar-refractivity contribution < 1.29 is 19.1 Å². The van der Waals surface area contributed by atoms with Crippen LogP contribution in [0.2, 0.25) is 61.9 Å². The highest BCUT2D eigenvalue weighted by Crippen LogP contribution is 2.34. The molecule has 74 heavy (non-hydrogen) atoms. The summed E-state index contributed by atoms with van der Waals surface area (Å²) in [6, 6.07) is 2.16. The third kappa shape index (κ3) is 14.2. The molecule has 2 aliphatic heterocycles. The molecule has 6 aromatic heterocycles. The first-order chi connectivity index (χ1) is 35.1. The zero-order valence-corrected chi connectivity index (χ0v) is 48.2. The molecule has 8 heterocycles. The Hall–Kier alpha value is -5.27. The van der Waals surface area contributed by atoms with Gasteiger partial charge < -0.3 is 9.47 Å². The second kappa shape index (κ2) is 24.6. The maximum atomic E-state index is 12.6. The van der Waals surface area contributed by atoms with Crippen molar-refractivity contribution in [2.24, 2.45) is 14.1 Å². The lowest BCUT2D eigenvalue weighted by atomic mass is 9.88. The van der Waals surface area contributed by atoms with Crippen LogP contribution in [0.25, 0.3) is 22.3 Å². The summed E-state index contributed by atoms with van der Waals surface area (Å²) < 4.78 is 17.6. The molecular weight excluding hydrogens is 1020 g/mol. The Bertz CT molecular complexity index is 3060. The van der Waals surface area contributed by atoms with E-state index in [1.54, 1.807) is 60.8 Å². The number of carbonyl (C=O) groups excluding carboxylic acids is 2. The van der Waals surface area contributed by atoms with E-state index in [0.29, 0.717) is 54.9 Å². The number of hydrogen-bond donors (Lipinski definition) is 0. The molecule has 2 fully saturated rings. The zero-order chi connectivity index (χ0) is 53.5. The van der Waals surface area contributed by atoms with Crippen molar-refractivity contribution in [3.8, 4) is 0 Å². The maximum Gasteiger partial charge on any atom is 0.332 e. The molecule has 0 unspecified atom stereocenters. The largest absolute Gasteiger partial charge is 0.361 e. The number of likely N-dealkylation sites (N-methyl/N-ethyl adjacent to an activating group) is 2. The van der Waals surface area contributed by atoms with Crippen molar-refractivity contribution in [2.45, 2.75) is 154 Å². The van der Waals surface area contributed by atoms with E-state index in [1.807, 2.05) is 6.20 Å². The molecule has 0 saturated heterocycles. The lowest BCUT2D eigenvalue weighted by molar-refractivity contribution is -0.117. The standard InChI is InChI=1S/C18H30N4O2Si.C13H17N3O.C12H19ClN4O2Si.C7H6ClN3O/c1-21-17-15(12-19-16(20-17)14-8-6-5-7-9-14)22(18(21)23)13-24-10-11-25(2,3)4;1-16-11(17)7-10-8-14-12(15-13(10)16)9-5-3-2-4-6-9;1-16-10-9(7-14-11(13)15-10)17(12(16)18)8-19-5-6-20(2,3)4;1-11-5(12)2-4-3-9-7(8)10-6(4)11/h12,14H,5-11,13H2,1-4H3;8-9H,2-7H2,1H3;7H,5-6,8H2,1-4H3;3H,2H2,1H3. The molecule has 20 nitrogen and oxygen atoms in total. The van der Waals surface area contributed by atoms with Crippen molar-refractivity contribution in [1.29, 1.82) is 0 Å². The summed E-state index contributed by atoms with van der Waals surface area (Å²) in [7, 11) is 4.66. The molecular formula is C50H72Cl2N14O6Si2. The predicted molar refractivity (Wildman–Crippen MR) is 294 cm³/mol. The lowest BCUT2D eigenvalue weighted by Gasteiger charge is -2.21. The zero-order valence-electron chi connectivity index (χ0n) is 44.7. The molecule has 0 aromatic carbocycles. The number of halogens is 2. The highest BCUT2D eigenvalue weighted by molar-refractivity contribution is 6.76. The van der Waals surface area contributed by atoms with Crippen LogP contribution in [0, 0.1) is 0 Å². The van der Waals surface area contributed by atoms with Gasteiger partial charge in [-0.25, -0.2) is 39.5 Å². The third-order valence-electron chi connectivity index (χ3n) is 13.9. The molecule has 4 aliphatic rings. The number of nitrogens with zero attached hydrogens (tertiary/aromatic N) is 14. The van der Waals surface area contributed by atoms with Crippen molar-refractivity contribution in [3.63, 3.8) is 0 Å². The Kier molecular flexibility index (Phi) is 18.8. The van der Waals surface area contributed by atoms with E-state index < -0.39 is 16.1 Å². The van der Waals surface area contributed by atoms with Gasteiger partial charge in [0.05, 0.1) is 25.2 Å². The average molecular weight is 1090 g/mol. The fraction of sp³-hybridized carbons (Fsp3) is 0.600. The van der Waals surface area contributed by atoms with Crippen molar-refractivity contribution in [2.75, 3.05) is 37.1 Å². The number of fused-ring (bicyclic) bond motifs is 4. The van der Waals surface area contributed by atoms with Gasteiger partial charge in [-0.2, -0.15) is 9.97 Å². The first-order valence-electron chi connectivity index (χ1n) is 25.7. The molecule has 24 heteroatoms. The van der Waals surface area contributed by atoms with Crippen molar-refractivity contribution in [3.05, 3.63) is 79.1 Å². The van der Waals surface area contributed by atoms with Crippen LogP contribution in [-0.4, -0.2) is 113 Å². The molecule has 2 aliphatic carbocycles.